The Morgan fingerprint density at radius 1 is 0.762 bits per heavy atom. The summed E-state index contributed by atoms with van der Waals surface area (Å²) in [6.07, 6.45) is 12.5. The van der Waals surface area contributed by atoms with Crippen LogP contribution in [0.5, 0.6) is 0 Å². The molecule has 0 amide bonds. The zero-order valence-electron chi connectivity index (χ0n) is 11.1. The lowest BCUT2D eigenvalue weighted by atomic mass is 10.2. The van der Waals surface area contributed by atoms with E-state index in [0.717, 1.165) is 28.0 Å². The summed E-state index contributed by atoms with van der Waals surface area (Å²) in [4.78, 5) is 17.0. The molecule has 0 unspecified atom stereocenters. The van der Waals surface area contributed by atoms with Crippen LogP contribution in [0, 0.1) is 0 Å². The van der Waals surface area contributed by atoms with E-state index in [9.17, 15) is 0 Å². The molecule has 4 aromatic rings. The SMILES string of the molecule is c1cnc(-c2ccc(-n3ccc4ccncc43)nc2)cn1. The molecule has 0 atom stereocenters. The highest BCUT2D eigenvalue weighted by Crippen LogP contribution is 2.20. The fraction of sp³-hybridized carbons (Fsp3) is 0. The van der Waals surface area contributed by atoms with Gasteiger partial charge < -0.3 is 0 Å². The maximum atomic E-state index is 4.52. The zero-order chi connectivity index (χ0) is 14.1. The summed E-state index contributed by atoms with van der Waals surface area (Å²) in [5, 5.41) is 1.14. The molecule has 100 valence electrons. The monoisotopic (exact) mass is 273 g/mol. The van der Waals surface area contributed by atoms with Crippen molar-refractivity contribution >= 4 is 10.9 Å². The van der Waals surface area contributed by atoms with Crippen LogP contribution in [0.1, 0.15) is 0 Å². The Morgan fingerprint density at radius 2 is 1.71 bits per heavy atom. The van der Waals surface area contributed by atoms with Gasteiger partial charge in [-0.15, -0.1) is 0 Å². The molecular weight excluding hydrogens is 262 g/mol. The second-order valence-corrected chi connectivity index (χ2v) is 4.62. The molecule has 0 N–H and O–H groups in total. The molecule has 5 heteroatoms. The van der Waals surface area contributed by atoms with Crippen molar-refractivity contribution in [2.45, 2.75) is 0 Å². The Bertz CT molecular complexity index is 881. The second kappa shape index (κ2) is 4.79. The smallest absolute Gasteiger partial charge is 0.137 e. The Morgan fingerprint density at radius 3 is 2.52 bits per heavy atom. The van der Waals surface area contributed by atoms with E-state index in [-0.39, 0.29) is 0 Å². The average Bonchev–Trinajstić information content (AvgIpc) is 3.00. The van der Waals surface area contributed by atoms with E-state index < -0.39 is 0 Å². The molecule has 0 saturated carbocycles. The minimum absolute atomic E-state index is 0.815. The lowest BCUT2D eigenvalue weighted by molar-refractivity contribution is 1.04. The standard InChI is InChI=1S/C16H11N5/c1-2-16(20-9-13(1)14-10-18-6-7-19-14)21-8-4-12-3-5-17-11-15(12)21/h1-11H. The molecular formula is C16H11N5. The maximum absolute atomic E-state index is 4.52. The molecule has 21 heavy (non-hydrogen) atoms. The first-order valence-electron chi connectivity index (χ1n) is 6.56. The molecule has 4 rings (SSSR count). The molecule has 5 nitrogen and oxygen atoms in total. The molecule has 4 aromatic heterocycles. The van der Waals surface area contributed by atoms with Crippen LogP contribution < -0.4 is 0 Å². The highest BCUT2D eigenvalue weighted by atomic mass is 15.1. The lowest BCUT2D eigenvalue weighted by Crippen LogP contribution is -1.96. The van der Waals surface area contributed by atoms with Crippen molar-refractivity contribution in [3.8, 4) is 17.1 Å². The summed E-state index contributed by atoms with van der Waals surface area (Å²) in [6.45, 7) is 0. The van der Waals surface area contributed by atoms with Crippen LogP contribution in [0.4, 0.5) is 0 Å². The number of hydrogen-bond donors (Lipinski definition) is 0. The lowest BCUT2D eigenvalue weighted by Gasteiger charge is -2.05. The molecule has 0 aliphatic rings. The molecule has 0 aliphatic heterocycles. The molecule has 0 fully saturated rings. The zero-order valence-corrected chi connectivity index (χ0v) is 11.1. The largest absolute Gasteiger partial charge is 0.300 e. The molecule has 0 spiro atoms. The predicted octanol–water partition coefficient (Wildman–Crippen LogP) is 2.88. The van der Waals surface area contributed by atoms with Crippen molar-refractivity contribution < 1.29 is 0 Å². The number of hydrogen-bond acceptors (Lipinski definition) is 4. The van der Waals surface area contributed by atoms with Crippen LogP contribution in [0.25, 0.3) is 28.0 Å². The van der Waals surface area contributed by atoms with Crippen LogP contribution in [0.15, 0.2) is 67.6 Å². The van der Waals surface area contributed by atoms with Crippen LogP contribution in [0.3, 0.4) is 0 Å². The molecule has 0 bridgehead atoms. The number of pyridine rings is 2. The first-order valence-corrected chi connectivity index (χ1v) is 6.56. The first-order chi connectivity index (χ1) is 10.4. The number of nitrogens with zero attached hydrogens (tertiary/aromatic N) is 5. The van der Waals surface area contributed by atoms with E-state index in [1.807, 2.05) is 41.4 Å². The predicted molar refractivity (Wildman–Crippen MR) is 79.9 cm³/mol. The van der Waals surface area contributed by atoms with E-state index >= 15 is 0 Å². The fourth-order valence-corrected chi connectivity index (χ4v) is 2.30. The minimum atomic E-state index is 0.815. The number of fused-ring (bicyclic) bond motifs is 1. The van der Waals surface area contributed by atoms with E-state index in [4.69, 9.17) is 0 Å². The topological polar surface area (TPSA) is 56.5 Å². The normalized spacial score (nSPS) is 10.9. The third-order valence-electron chi connectivity index (χ3n) is 3.35. The summed E-state index contributed by atoms with van der Waals surface area (Å²) in [5.74, 6) is 0.852. The summed E-state index contributed by atoms with van der Waals surface area (Å²) < 4.78 is 2.02. The van der Waals surface area contributed by atoms with Gasteiger partial charge in [-0.3, -0.25) is 19.5 Å². The van der Waals surface area contributed by atoms with Gasteiger partial charge in [-0.25, -0.2) is 4.98 Å². The van der Waals surface area contributed by atoms with Crippen LogP contribution in [-0.4, -0.2) is 24.5 Å². The highest BCUT2D eigenvalue weighted by Gasteiger charge is 2.05. The maximum Gasteiger partial charge on any atom is 0.137 e. The van der Waals surface area contributed by atoms with Gasteiger partial charge in [-0.05, 0) is 24.3 Å². The van der Waals surface area contributed by atoms with Crippen LogP contribution >= 0.6 is 0 Å². The second-order valence-electron chi connectivity index (χ2n) is 4.62. The summed E-state index contributed by atoms with van der Waals surface area (Å²) in [7, 11) is 0. The van der Waals surface area contributed by atoms with Crippen LogP contribution in [-0.2, 0) is 0 Å². The number of rotatable bonds is 2. The van der Waals surface area contributed by atoms with Gasteiger partial charge in [0.15, 0.2) is 0 Å². The molecule has 0 saturated heterocycles. The van der Waals surface area contributed by atoms with Gasteiger partial charge >= 0.3 is 0 Å². The van der Waals surface area contributed by atoms with Gasteiger partial charge in [0.2, 0.25) is 0 Å². The average molecular weight is 273 g/mol. The fourth-order valence-electron chi connectivity index (χ4n) is 2.30. The summed E-state index contributed by atoms with van der Waals surface area (Å²) in [5.41, 5.74) is 2.80. The van der Waals surface area contributed by atoms with Crippen molar-refractivity contribution in [2.75, 3.05) is 0 Å². The van der Waals surface area contributed by atoms with Gasteiger partial charge in [-0.1, -0.05) is 0 Å². The van der Waals surface area contributed by atoms with Gasteiger partial charge in [0.05, 0.1) is 23.6 Å². The van der Waals surface area contributed by atoms with Crippen molar-refractivity contribution in [3.05, 3.63) is 67.6 Å². The molecule has 0 aliphatic carbocycles. The van der Waals surface area contributed by atoms with Crippen molar-refractivity contribution in [1.82, 2.24) is 24.5 Å². The summed E-state index contributed by atoms with van der Waals surface area (Å²) >= 11 is 0. The third kappa shape index (κ3) is 2.04. The van der Waals surface area contributed by atoms with E-state index in [2.05, 4.69) is 26.0 Å². The molecule has 0 radical (unpaired) electrons. The highest BCUT2D eigenvalue weighted by molar-refractivity contribution is 5.80. The van der Waals surface area contributed by atoms with Crippen LogP contribution in [0.2, 0.25) is 0 Å². The van der Waals surface area contributed by atoms with Crippen molar-refractivity contribution in [2.24, 2.45) is 0 Å². The quantitative estimate of drug-likeness (QED) is 0.563. The summed E-state index contributed by atoms with van der Waals surface area (Å²) in [6, 6.07) is 8.00. The number of aromatic nitrogens is 5. The molecule has 4 heterocycles. The van der Waals surface area contributed by atoms with E-state index in [1.54, 1.807) is 24.8 Å². The third-order valence-corrected chi connectivity index (χ3v) is 3.35. The Labute approximate surface area is 121 Å². The van der Waals surface area contributed by atoms with Gasteiger partial charge in [-0.2, -0.15) is 0 Å². The van der Waals surface area contributed by atoms with Gasteiger partial charge in [0.25, 0.3) is 0 Å². The minimum Gasteiger partial charge on any atom is -0.300 e. The Kier molecular flexibility index (Phi) is 2.67. The van der Waals surface area contributed by atoms with E-state index in [1.165, 1.54) is 0 Å². The van der Waals surface area contributed by atoms with Gasteiger partial charge in [0, 0.05) is 41.9 Å². The van der Waals surface area contributed by atoms with Crippen molar-refractivity contribution in [1.29, 1.82) is 0 Å². The first kappa shape index (κ1) is 11.7. The molecule has 0 aromatic carbocycles. The van der Waals surface area contributed by atoms with Gasteiger partial charge in [0.1, 0.15) is 5.82 Å². The van der Waals surface area contributed by atoms with E-state index in [0.29, 0.717) is 0 Å². The Balaban J connectivity index is 1.77. The Hall–Kier alpha value is -3.08. The van der Waals surface area contributed by atoms with Crippen molar-refractivity contribution in [3.63, 3.8) is 0 Å².